The van der Waals surface area contributed by atoms with Crippen LogP contribution < -0.4 is 15.4 Å². The van der Waals surface area contributed by atoms with Crippen molar-refractivity contribution in [3.63, 3.8) is 0 Å². The number of hydrogen-bond donors (Lipinski definition) is 2. The molecule has 170 valence electrons. The number of likely N-dealkylation sites (tertiary alicyclic amines) is 1. The summed E-state index contributed by atoms with van der Waals surface area (Å²) in [4.78, 5) is 27.6. The molecule has 2 N–H and O–H groups in total. The Hall–Kier alpha value is -3.80. The van der Waals surface area contributed by atoms with Crippen molar-refractivity contribution in [1.29, 1.82) is 0 Å². The average Bonchev–Trinajstić information content (AvgIpc) is 3.32. The summed E-state index contributed by atoms with van der Waals surface area (Å²) < 4.78 is 5.95. The minimum Gasteiger partial charge on any atom is -0.455 e. The molecule has 6 nitrogen and oxygen atoms in total. The van der Waals surface area contributed by atoms with Crippen molar-refractivity contribution in [2.45, 2.75) is 38.6 Å². The maximum Gasteiger partial charge on any atom is 0.322 e. The fourth-order valence-corrected chi connectivity index (χ4v) is 3.92. The quantitative estimate of drug-likeness (QED) is 0.474. The lowest BCUT2D eigenvalue weighted by Gasteiger charge is -2.24. The zero-order valence-corrected chi connectivity index (χ0v) is 19.0. The van der Waals surface area contributed by atoms with Crippen LogP contribution in [0.4, 0.5) is 16.2 Å². The maximum absolute atomic E-state index is 13.1. The second-order valence-electron chi connectivity index (χ2n) is 8.46. The van der Waals surface area contributed by atoms with Crippen molar-refractivity contribution in [3.05, 3.63) is 84.4 Å². The number of hydrogen-bond acceptors (Lipinski definition) is 3. The first-order chi connectivity index (χ1) is 16.0. The number of anilines is 2. The van der Waals surface area contributed by atoms with E-state index in [0.29, 0.717) is 36.1 Å². The monoisotopic (exact) mass is 443 g/mol. The number of carbonyl (C=O) groups is 2. The molecule has 0 radical (unpaired) electrons. The minimum atomic E-state index is -0.537. The third-order valence-electron chi connectivity index (χ3n) is 5.76. The summed E-state index contributed by atoms with van der Waals surface area (Å²) in [5.41, 5.74) is 2.50. The highest BCUT2D eigenvalue weighted by Gasteiger charge is 2.34. The molecule has 6 heteroatoms. The van der Waals surface area contributed by atoms with Crippen LogP contribution in [-0.2, 0) is 4.79 Å². The van der Waals surface area contributed by atoms with Crippen molar-refractivity contribution in [2.75, 3.05) is 17.2 Å². The maximum atomic E-state index is 13.1. The first-order valence-corrected chi connectivity index (χ1v) is 11.3. The van der Waals surface area contributed by atoms with Crippen LogP contribution >= 0.6 is 0 Å². The van der Waals surface area contributed by atoms with Crippen LogP contribution in [0.25, 0.3) is 0 Å². The zero-order valence-electron chi connectivity index (χ0n) is 19.0. The Balaban J connectivity index is 1.42. The van der Waals surface area contributed by atoms with Gasteiger partial charge in [-0.05, 0) is 60.7 Å². The van der Waals surface area contributed by atoms with E-state index in [1.165, 1.54) is 5.56 Å². The molecular weight excluding hydrogens is 414 g/mol. The fourth-order valence-electron chi connectivity index (χ4n) is 3.92. The molecule has 3 aromatic carbocycles. The second-order valence-corrected chi connectivity index (χ2v) is 8.46. The predicted octanol–water partition coefficient (Wildman–Crippen LogP) is 6.24. The van der Waals surface area contributed by atoms with Gasteiger partial charge in [0.25, 0.3) is 0 Å². The van der Waals surface area contributed by atoms with Gasteiger partial charge < -0.3 is 20.3 Å². The summed E-state index contributed by atoms with van der Waals surface area (Å²) >= 11 is 0. The van der Waals surface area contributed by atoms with Gasteiger partial charge in [0.05, 0.1) is 5.69 Å². The number of para-hydroxylation sites is 3. The lowest BCUT2D eigenvalue weighted by Crippen LogP contribution is -2.45. The number of urea groups is 1. The first-order valence-electron chi connectivity index (χ1n) is 11.3. The standard InChI is InChI=1S/C27H29N3O3/c1-19(2)20-14-16-21(17-15-20)28-27(32)30-18-8-12-24(30)26(31)29-23-11-6-7-13-25(23)33-22-9-4-3-5-10-22/h3-7,9-11,13-17,19,24H,8,12,18H2,1-2H3,(H,28,32)(H,29,31). The number of nitrogens with one attached hydrogen (secondary N) is 2. The lowest BCUT2D eigenvalue weighted by atomic mass is 10.0. The topological polar surface area (TPSA) is 70.7 Å². The van der Waals surface area contributed by atoms with Gasteiger partial charge in [0.2, 0.25) is 5.91 Å². The molecule has 1 aliphatic heterocycles. The fraction of sp³-hybridized carbons (Fsp3) is 0.259. The van der Waals surface area contributed by atoms with Crippen LogP contribution in [0.2, 0.25) is 0 Å². The second kappa shape index (κ2) is 10.2. The largest absolute Gasteiger partial charge is 0.455 e. The molecule has 1 fully saturated rings. The van der Waals surface area contributed by atoms with E-state index < -0.39 is 6.04 Å². The Morgan fingerprint density at radius 3 is 2.33 bits per heavy atom. The summed E-state index contributed by atoms with van der Waals surface area (Å²) in [5.74, 6) is 1.44. The third-order valence-corrected chi connectivity index (χ3v) is 5.76. The third kappa shape index (κ3) is 5.52. The number of benzene rings is 3. The molecule has 3 aromatic rings. The van der Waals surface area contributed by atoms with Gasteiger partial charge in [0.15, 0.2) is 5.75 Å². The normalized spacial score (nSPS) is 15.4. The van der Waals surface area contributed by atoms with E-state index >= 15 is 0 Å². The molecule has 0 bridgehead atoms. The summed E-state index contributed by atoms with van der Waals surface area (Å²) in [6.07, 6.45) is 1.40. The summed E-state index contributed by atoms with van der Waals surface area (Å²) in [6.45, 7) is 4.80. The average molecular weight is 444 g/mol. The van der Waals surface area contributed by atoms with Crippen LogP contribution in [0.1, 0.15) is 38.2 Å². The Labute approximate surface area is 194 Å². The van der Waals surface area contributed by atoms with Gasteiger partial charge in [0, 0.05) is 12.2 Å². The van der Waals surface area contributed by atoms with Crippen molar-refractivity contribution < 1.29 is 14.3 Å². The summed E-state index contributed by atoms with van der Waals surface area (Å²) in [6, 6.07) is 23.7. The summed E-state index contributed by atoms with van der Waals surface area (Å²) in [7, 11) is 0. The minimum absolute atomic E-state index is 0.220. The van der Waals surface area contributed by atoms with Crippen LogP contribution in [0, 0.1) is 0 Å². The molecule has 0 aromatic heterocycles. The highest BCUT2D eigenvalue weighted by molar-refractivity contribution is 6.00. The van der Waals surface area contributed by atoms with Crippen molar-refractivity contribution >= 4 is 23.3 Å². The smallest absolute Gasteiger partial charge is 0.322 e. The molecule has 1 atom stereocenters. The van der Waals surface area contributed by atoms with Gasteiger partial charge in [-0.3, -0.25) is 4.79 Å². The number of nitrogens with zero attached hydrogens (tertiary/aromatic N) is 1. The van der Waals surface area contributed by atoms with Gasteiger partial charge in [-0.15, -0.1) is 0 Å². The van der Waals surface area contributed by atoms with Gasteiger partial charge in [-0.2, -0.15) is 0 Å². The predicted molar refractivity (Wildman–Crippen MR) is 131 cm³/mol. The molecule has 0 spiro atoms. The molecule has 33 heavy (non-hydrogen) atoms. The highest BCUT2D eigenvalue weighted by Crippen LogP contribution is 2.30. The van der Waals surface area contributed by atoms with Crippen molar-refractivity contribution in [2.24, 2.45) is 0 Å². The molecule has 3 amide bonds. The van der Waals surface area contributed by atoms with Crippen LogP contribution in [-0.4, -0.2) is 29.4 Å². The Kier molecular flexibility index (Phi) is 6.93. The number of amides is 3. The van der Waals surface area contributed by atoms with E-state index in [0.717, 1.165) is 12.1 Å². The van der Waals surface area contributed by atoms with E-state index in [2.05, 4.69) is 24.5 Å². The zero-order chi connectivity index (χ0) is 23.2. The number of rotatable bonds is 6. The van der Waals surface area contributed by atoms with E-state index in [9.17, 15) is 9.59 Å². The number of carbonyl (C=O) groups excluding carboxylic acids is 2. The lowest BCUT2D eigenvalue weighted by molar-refractivity contribution is -0.119. The highest BCUT2D eigenvalue weighted by atomic mass is 16.5. The molecule has 1 heterocycles. The number of ether oxygens (including phenoxy) is 1. The van der Waals surface area contributed by atoms with Crippen LogP contribution in [0.15, 0.2) is 78.9 Å². The first kappa shape index (κ1) is 22.4. The molecule has 1 aliphatic rings. The Morgan fingerprint density at radius 1 is 0.909 bits per heavy atom. The van der Waals surface area contributed by atoms with Crippen LogP contribution in [0.3, 0.4) is 0 Å². The van der Waals surface area contributed by atoms with Gasteiger partial charge in [-0.25, -0.2) is 4.79 Å². The van der Waals surface area contributed by atoms with Crippen molar-refractivity contribution in [3.8, 4) is 11.5 Å². The SMILES string of the molecule is CC(C)c1ccc(NC(=O)N2CCCC2C(=O)Nc2ccccc2Oc2ccccc2)cc1. The Bertz CT molecular complexity index is 1100. The van der Waals surface area contributed by atoms with Gasteiger partial charge in [0.1, 0.15) is 11.8 Å². The van der Waals surface area contributed by atoms with Crippen LogP contribution in [0.5, 0.6) is 11.5 Å². The molecule has 0 saturated carbocycles. The molecular formula is C27H29N3O3. The Morgan fingerprint density at radius 2 is 1.61 bits per heavy atom. The van der Waals surface area contributed by atoms with E-state index in [4.69, 9.17) is 4.74 Å². The summed E-state index contributed by atoms with van der Waals surface area (Å²) in [5, 5.41) is 5.88. The molecule has 4 rings (SSSR count). The van der Waals surface area contributed by atoms with E-state index in [-0.39, 0.29) is 11.9 Å². The van der Waals surface area contributed by atoms with E-state index in [1.54, 1.807) is 11.0 Å². The molecule has 1 saturated heterocycles. The molecule has 1 unspecified atom stereocenters. The molecule has 0 aliphatic carbocycles. The van der Waals surface area contributed by atoms with Crippen molar-refractivity contribution in [1.82, 2.24) is 4.90 Å². The van der Waals surface area contributed by atoms with E-state index in [1.807, 2.05) is 72.8 Å². The van der Waals surface area contributed by atoms with Gasteiger partial charge >= 0.3 is 6.03 Å². The van der Waals surface area contributed by atoms with Gasteiger partial charge in [-0.1, -0.05) is 56.3 Å².